The molecule has 3 heteroatoms. The van der Waals surface area contributed by atoms with Crippen molar-refractivity contribution in [3.63, 3.8) is 0 Å². The zero-order valence-corrected chi connectivity index (χ0v) is 26.5. The van der Waals surface area contributed by atoms with Gasteiger partial charge >= 0.3 is 0 Å². The quantitative estimate of drug-likeness (QED) is 0.185. The highest BCUT2D eigenvalue weighted by atomic mass is 15.1. The van der Waals surface area contributed by atoms with E-state index in [-0.39, 0.29) is 0 Å². The Kier molecular flexibility index (Phi) is 7.05. The van der Waals surface area contributed by atoms with Gasteiger partial charge in [-0.15, -0.1) is 0 Å². The van der Waals surface area contributed by atoms with Gasteiger partial charge in [-0.3, -0.25) is 9.55 Å². The van der Waals surface area contributed by atoms with Gasteiger partial charge in [0.2, 0.25) is 0 Å². The van der Waals surface area contributed by atoms with Crippen molar-refractivity contribution in [1.82, 2.24) is 14.5 Å². The summed E-state index contributed by atoms with van der Waals surface area (Å²) in [6.45, 7) is 13.7. The molecule has 0 aliphatic heterocycles. The number of fused-ring (bicyclic) bond motifs is 4. The van der Waals surface area contributed by atoms with Crippen molar-refractivity contribution in [2.75, 3.05) is 0 Å². The summed E-state index contributed by atoms with van der Waals surface area (Å²) in [6, 6.07) is 39.4. The van der Waals surface area contributed by atoms with E-state index in [1.807, 2.05) is 0 Å². The molecule has 0 spiro atoms. The lowest BCUT2D eigenvalue weighted by molar-refractivity contribution is 0.811. The maximum absolute atomic E-state index is 5.33. The molecular formula is C41H39N3. The van der Waals surface area contributed by atoms with Crippen molar-refractivity contribution >= 4 is 32.7 Å². The molecule has 0 aliphatic rings. The van der Waals surface area contributed by atoms with Gasteiger partial charge in [0.1, 0.15) is 5.82 Å². The standard InChI is InChI=1S/C41H39N3/c1-25(2)33-23-30(28-14-8-7-9-15-28)24-34(26(3)4)40(33)44-38-19-13-12-18-37(38)43-41(44)29-20-21-31-32-16-10-11-17-36(32)42-39(27(5)6)35(31)22-29/h7-27H,1-6H3. The third kappa shape index (κ3) is 4.68. The first-order chi connectivity index (χ1) is 21.3. The number of aromatic nitrogens is 3. The van der Waals surface area contributed by atoms with E-state index < -0.39 is 0 Å². The van der Waals surface area contributed by atoms with E-state index in [0.717, 1.165) is 33.6 Å². The second-order valence-corrected chi connectivity index (χ2v) is 12.9. The van der Waals surface area contributed by atoms with Crippen molar-refractivity contribution in [2.45, 2.75) is 59.3 Å². The van der Waals surface area contributed by atoms with E-state index in [0.29, 0.717) is 17.8 Å². The fraction of sp³-hybridized carbons (Fsp3) is 0.220. The van der Waals surface area contributed by atoms with Crippen molar-refractivity contribution in [3.8, 4) is 28.2 Å². The Morgan fingerprint density at radius 3 is 1.80 bits per heavy atom. The van der Waals surface area contributed by atoms with Gasteiger partial charge in [0, 0.05) is 16.3 Å². The molecule has 218 valence electrons. The second-order valence-electron chi connectivity index (χ2n) is 12.9. The van der Waals surface area contributed by atoms with E-state index in [2.05, 4.69) is 155 Å². The van der Waals surface area contributed by atoms with E-state index in [1.165, 1.54) is 44.1 Å². The predicted octanol–water partition coefficient (Wildman–Crippen LogP) is 11.4. The molecule has 7 rings (SSSR count). The topological polar surface area (TPSA) is 30.7 Å². The van der Waals surface area contributed by atoms with Gasteiger partial charge in [-0.1, -0.05) is 114 Å². The predicted molar refractivity (Wildman–Crippen MR) is 187 cm³/mol. The van der Waals surface area contributed by atoms with Crippen LogP contribution in [0.4, 0.5) is 0 Å². The van der Waals surface area contributed by atoms with E-state index in [1.54, 1.807) is 0 Å². The molecule has 5 aromatic carbocycles. The molecule has 0 saturated carbocycles. The van der Waals surface area contributed by atoms with Crippen LogP contribution in [0.15, 0.2) is 109 Å². The molecule has 0 atom stereocenters. The maximum Gasteiger partial charge on any atom is 0.145 e. The first kappa shape index (κ1) is 28.0. The third-order valence-electron chi connectivity index (χ3n) is 8.84. The number of rotatable bonds is 6. The zero-order valence-electron chi connectivity index (χ0n) is 26.5. The summed E-state index contributed by atoms with van der Waals surface area (Å²) in [4.78, 5) is 10.5. The lowest BCUT2D eigenvalue weighted by atomic mass is 9.88. The third-order valence-corrected chi connectivity index (χ3v) is 8.84. The minimum Gasteiger partial charge on any atom is -0.292 e. The SMILES string of the molecule is CC(C)c1cc(-c2ccccc2)cc(C(C)C)c1-n1c(-c2ccc3c(c2)c(C(C)C)nc2ccccc23)nc2ccccc21. The molecule has 0 amide bonds. The van der Waals surface area contributed by atoms with E-state index >= 15 is 0 Å². The summed E-state index contributed by atoms with van der Waals surface area (Å²) in [5, 5.41) is 3.62. The van der Waals surface area contributed by atoms with Crippen LogP contribution >= 0.6 is 0 Å². The Morgan fingerprint density at radius 2 is 1.11 bits per heavy atom. The highest BCUT2D eigenvalue weighted by Gasteiger charge is 2.24. The molecule has 44 heavy (non-hydrogen) atoms. The van der Waals surface area contributed by atoms with Gasteiger partial charge in [-0.2, -0.15) is 0 Å². The molecular weight excluding hydrogens is 534 g/mol. The van der Waals surface area contributed by atoms with Crippen molar-refractivity contribution in [1.29, 1.82) is 0 Å². The van der Waals surface area contributed by atoms with Gasteiger partial charge < -0.3 is 0 Å². The van der Waals surface area contributed by atoms with Gasteiger partial charge in [-0.25, -0.2) is 4.98 Å². The van der Waals surface area contributed by atoms with Gasteiger partial charge in [0.15, 0.2) is 0 Å². The molecule has 0 unspecified atom stereocenters. The molecule has 0 saturated heterocycles. The minimum atomic E-state index is 0.293. The van der Waals surface area contributed by atoms with Crippen LogP contribution in [0.1, 0.15) is 76.1 Å². The normalized spacial score (nSPS) is 12.0. The van der Waals surface area contributed by atoms with Crippen LogP contribution in [0.2, 0.25) is 0 Å². The molecule has 2 heterocycles. The number of hydrogen-bond acceptors (Lipinski definition) is 2. The van der Waals surface area contributed by atoms with Crippen LogP contribution in [0.5, 0.6) is 0 Å². The highest BCUT2D eigenvalue weighted by Crippen LogP contribution is 2.41. The molecule has 0 aliphatic carbocycles. The highest BCUT2D eigenvalue weighted by molar-refractivity contribution is 6.08. The summed E-state index contributed by atoms with van der Waals surface area (Å²) in [5.74, 6) is 1.90. The van der Waals surface area contributed by atoms with Crippen LogP contribution in [-0.2, 0) is 0 Å². The fourth-order valence-electron chi connectivity index (χ4n) is 6.62. The summed E-state index contributed by atoms with van der Waals surface area (Å²) < 4.78 is 2.43. The van der Waals surface area contributed by atoms with Crippen LogP contribution in [0, 0.1) is 0 Å². The summed E-state index contributed by atoms with van der Waals surface area (Å²) in [5.41, 5.74) is 11.8. The van der Waals surface area contributed by atoms with E-state index in [4.69, 9.17) is 9.97 Å². The molecule has 0 N–H and O–H groups in total. The summed E-state index contributed by atoms with van der Waals surface area (Å²) in [6.07, 6.45) is 0. The number of benzene rings is 5. The number of hydrogen-bond donors (Lipinski definition) is 0. The van der Waals surface area contributed by atoms with Crippen LogP contribution in [0.3, 0.4) is 0 Å². The number of imidazole rings is 1. The monoisotopic (exact) mass is 573 g/mol. The first-order valence-electron chi connectivity index (χ1n) is 15.9. The maximum atomic E-state index is 5.33. The van der Waals surface area contributed by atoms with Crippen molar-refractivity contribution < 1.29 is 0 Å². The van der Waals surface area contributed by atoms with Crippen LogP contribution in [0.25, 0.3) is 60.9 Å². The van der Waals surface area contributed by atoms with Gasteiger partial charge in [0.25, 0.3) is 0 Å². The van der Waals surface area contributed by atoms with Gasteiger partial charge in [0.05, 0.1) is 27.9 Å². The number of para-hydroxylation sites is 3. The second kappa shape index (κ2) is 11.1. The van der Waals surface area contributed by atoms with Crippen LogP contribution < -0.4 is 0 Å². The molecule has 7 aromatic rings. The zero-order chi connectivity index (χ0) is 30.5. The lowest BCUT2D eigenvalue weighted by Crippen LogP contribution is -2.09. The number of nitrogens with zero attached hydrogens (tertiary/aromatic N) is 3. The van der Waals surface area contributed by atoms with E-state index in [9.17, 15) is 0 Å². The average molecular weight is 574 g/mol. The summed E-state index contributed by atoms with van der Waals surface area (Å²) in [7, 11) is 0. The Morgan fingerprint density at radius 1 is 0.477 bits per heavy atom. The summed E-state index contributed by atoms with van der Waals surface area (Å²) >= 11 is 0. The van der Waals surface area contributed by atoms with Crippen LogP contribution in [-0.4, -0.2) is 14.5 Å². The molecule has 3 nitrogen and oxygen atoms in total. The largest absolute Gasteiger partial charge is 0.292 e. The Hall–Kier alpha value is -4.76. The Bertz CT molecular complexity index is 2120. The Balaban J connectivity index is 1.56. The fourth-order valence-corrected chi connectivity index (χ4v) is 6.62. The Labute approximate surface area is 260 Å². The lowest BCUT2D eigenvalue weighted by Gasteiger charge is -2.24. The molecule has 2 aromatic heterocycles. The first-order valence-corrected chi connectivity index (χ1v) is 15.9. The van der Waals surface area contributed by atoms with Gasteiger partial charge in [-0.05, 0) is 81.8 Å². The minimum absolute atomic E-state index is 0.293. The molecule has 0 bridgehead atoms. The smallest absolute Gasteiger partial charge is 0.145 e. The van der Waals surface area contributed by atoms with Crippen molar-refractivity contribution in [3.05, 3.63) is 126 Å². The number of pyridine rings is 1. The average Bonchev–Trinajstić information content (AvgIpc) is 3.43. The van der Waals surface area contributed by atoms with Crippen molar-refractivity contribution in [2.24, 2.45) is 0 Å². The molecule has 0 fully saturated rings. The molecule has 0 radical (unpaired) electrons.